The van der Waals surface area contributed by atoms with E-state index in [0.717, 1.165) is 12.2 Å². The molecular weight excluding hydrogens is 124 g/mol. The van der Waals surface area contributed by atoms with Crippen LogP contribution in [0, 0.1) is 0 Å². The van der Waals surface area contributed by atoms with E-state index in [9.17, 15) is 0 Å². The molecule has 0 unspecified atom stereocenters. The first-order valence-corrected chi connectivity index (χ1v) is 3.33. The Morgan fingerprint density at radius 3 is 3.30 bits per heavy atom. The summed E-state index contributed by atoms with van der Waals surface area (Å²) in [4.78, 5) is 3.88. The van der Waals surface area contributed by atoms with Crippen LogP contribution in [0.1, 0.15) is 6.92 Å². The lowest BCUT2D eigenvalue weighted by Crippen LogP contribution is -2.10. The first-order chi connectivity index (χ1) is 4.93. The second-order valence-corrected chi connectivity index (χ2v) is 1.89. The van der Waals surface area contributed by atoms with E-state index in [0.29, 0.717) is 0 Å². The molecule has 52 valence electrons. The molecule has 1 aliphatic rings. The van der Waals surface area contributed by atoms with E-state index in [-0.39, 0.29) is 0 Å². The standard InChI is InChI=1S/C8H10N2/c1-2-10-8-5-3-4-6-9-7-8/h3-6,10H,2H2,1H3. The average Bonchev–Trinajstić information content (AvgIpc) is 2.17. The molecule has 0 fully saturated rings. The molecule has 0 aliphatic carbocycles. The summed E-state index contributed by atoms with van der Waals surface area (Å²) in [6.45, 7) is 2.95. The fourth-order valence-corrected chi connectivity index (χ4v) is 0.677. The minimum absolute atomic E-state index is 0.905. The van der Waals surface area contributed by atoms with Crippen LogP contribution < -0.4 is 5.32 Å². The van der Waals surface area contributed by atoms with Gasteiger partial charge in [-0.2, -0.15) is 0 Å². The molecule has 1 N–H and O–H groups in total. The van der Waals surface area contributed by atoms with Crippen molar-refractivity contribution in [1.82, 2.24) is 5.32 Å². The number of hydrogen-bond donors (Lipinski definition) is 1. The normalized spacial score (nSPS) is 14.7. The quantitative estimate of drug-likeness (QED) is 0.603. The molecule has 0 atom stereocenters. The van der Waals surface area contributed by atoms with Crippen molar-refractivity contribution in [1.29, 1.82) is 0 Å². The van der Waals surface area contributed by atoms with Gasteiger partial charge in [-0.05, 0) is 19.1 Å². The minimum atomic E-state index is 0.905. The average molecular weight is 134 g/mol. The molecule has 0 spiro atoms. The molecule has 2 heteroatoms. The van der Waals surface area contributed by atoms with E-state index in [2.05, 4.69) is 16.2 Å². The Morgan fingerprint density at radius 2 is 2.50 bits per heavy atom. The topological polar surface area (TPSA) is 24.4 Å². The van der Waals surface area contributed by atoms with Gasteiger partial charge in [-0.15, -0.1) is 0 Å². The zero-order valence-electron chi connectivity index (χ0n) is 5.96. The molecule has 0 aromatic rings. The molecule has 0 aromatic carbocycles. The summed E-state index contributed by atoms with van der Waals surface area (Å²) in [5.74, 6) is 2.84. The van der Waals surface area contributed by atoms with E-state index in [1.54, 1.807) is 6.20 Å². The highest BCUT2D eigenvalue weighted by Crippen LogP contribution is 1.90. The van der Waals surface area contributed by atoms with Crippen LogP contribution in [-0.4, -0.2) is 12.4 Å². The Bertz CT molecular complexity index is 217. The predicted molar refractivity (Wildman–Crippen MR) is 42.9 cm³/mol. The Hall–Kier alpha value is -1.27. The Labute approximate surface area is 60.7 Å². The maximum Gasteiger partial charge on any atom is 0.0969 e. The number of likely N-dealkylation sites (N-methyl/N-ethyl adjacent to an activating group) is 1. The van der Waals surface area contributed by atoms with Crippen molar-refractivity contribution < 1.29 is 0 Å². The third kappa shape index (κ3) is 1.92. The highest BCUT2D eigenvalue weighted by molar-refractivity contribution is 5.62. The second-order valence-electron chi connectivity index (χ2n) is 1.89. The van der Waals surface area contributed by atoms with Gasteiger partial charge in [0.15, 0.2) is 0 Å². The summed E-state index contributed by atoms with van der Waals surface area (Å²) in [7, 11) is 0. The molecule has 0 saturated heterocycles. The van der Waals surface area contributed by atoms with Crippen molar-refractivity contribution in [3.8, 4) is 0 Å². The lowest BCUT2D eigenvalue weighted by atomic mass is 10.4. The summed E-state index contributed by atoms with van der Waals surface area (Å²) in [6, 6.07) is 0. The molecule has 0 radical (unpaired) electrons. The van der Waals surface area contributed by atoms with Crippen molar-refractivity contribution in [2.24, 2.45) is 4.99 Å². The van der Waals surface area contributed by atoms with Gasteiger partial charge in [0.05, 0.1) is 5.70 Å². The Morgan fingerprint density at radius 1 is 1.60 bits per heavy atom. The number of rotatable bonds is 2. The predicted octanol–water partition coefficient (Wildman–Crippen LogP) is 1.23. The van der Waals surface area contributed by atoms with Crippen LogP contribution in [-0.2, 0) is 0 Å². The zero-order valence-corrected chi connectivity index (χ0v) is 5.96. The van der Waals surface area contributed by atoms with Crippen molar-refractivity contribution >= 4 is 5.87 Å². The first-order valence-electron chi connectivity index (χ1n) is 3.33. The molecule has 0 bridgehead atoms. The Kier molecular flexibility index (Phi) is 2.53. The van der Waals surface area contributed by atoms with Gasteiger partial charge in [0, 0.05) is 18.6 Å². The van der Waals surface area contributed by atoms with Crippen LogP contribution >= 0.6 is 0 Å². The van der Waals surface area contributed by atoms with Gasteiger partial charge in [-0.1, -0.05) is 6.08 Å². The minimum Gasteiger partial charge on any atom is -0.378 e. The molecule has 0 aromatic heterocycles. The van der Waals surface area contributed by atoms with Gasteiger partial charge in [-0.3, -0.25) is 0 Å². The summed E-state index contributed by atoms with van der Waals surface area (Å²) in [5, 5.41) is 3.11. The number of nitrogens with one attached hydrogen (secondary N) is 1. The second kappa shape index (κ2) is 3.70. The van der Waals surface area contributed by atoms with Crippen molar-refractivity contribution in [2.75, 3.05) is 6.54 Å². The summed E-state index contributed by atoms with van der Waals surface area (Å²) < 4.78 is 0. The highest BCUT2D eigenvalue weighted by Gasteiger charge is 1.85. The highest BCUT2D eigenvalue weighted by atomic mass is 14.9. The number of aliphatic imine (C=N–C) groups is 1. The SMILES string of the molecule is CCNC1=C=NC=CC=C1. The van der Waals surface area contributed by atoms with Gasteiger partial charge in [0.2, 0.25) is 0 Å². The van der Waals surface area contributed by atoms with Crippen LogP contribution in [0.15, 0.2) is 35.1 Å². The monoisotopic (exact) mass is 134 g/mol. The molecule has 0 saturated carbocycles. The van der Waals surface area contributed by atoms with Crippen molar-refractivity contribution in [2.45, 2.75) is 6.92 Å². The molecule has 0 amide bonds. The van der Waals surface area contributed by atoms with Crippen LogP contribution in [0.3, 0.4) is 0 Å². The number of allylic oxidation sites excluding steroid dienone is 3. The van der Waals surface area contributed by atoms with Crippen LogP contribution in [0.5, 0.6) is 0 Å². The third-order valence-electron chi connectivity index (χ3n) is 1.09. The molecule has 1 rings (SSSR count). The summed E-state index contributed by atoms with van der Waals surface area (Å²) in [6.07, 6.45) is 7.45. The lowest BCUT2D eigenvalue weighted by Gasteiger charge is -1.96. The molecular formula is C8H10N2. The van der Waals surface area contributed by atoms with Gasteiger partial charge in [0.25, 0.3) is 0 Å². The maximum atomic E-state index is 3.88. The lowest BCUT2D eigenvalue weighted by molar-refractivity contribution is 0.889. The van der Waals surface area contributed by atoms with E-state index >= 15 is 0 Å². The van der Waals surface area contributed by atoms with Gasteiger partial charge >= 0.3 is 0 Å². The summed E-state index contributed by atoms with van der Waals surface area (Å²) in [5.41, 5.74) is 0.938. The third-order valence-corrected chi connectivity index (χ3v) is 1.09. The molecule has 2 nitrogen and oxygen atoms in total. The van der Waals surface area contributed by atoms with Gasteiger partial charge < -0.3 is 5.32 Å². The Balaban J connectivity index is 2.67. The van der Waals surface area contributed by atoms with Crippen molar-refractivity contribution in [3.63, 3.8) is 0 Å². The smallest absolute Gasteiger partial charge is 0.0969 e. The zero-order chi connectivity index (χ0) is 7.23. The van der Waals surface area contributed by atoms with Crippen LogP contribution in [0.2, 0.25) is 0 Å². The first kappa shape index (κ1) is 6.84. The van der Waals surface area contributed by atoms with Gasteiger partial charge in [-0.25, -0.2) is 4.99 Å². The molecule has 1 aliphatic heterocycles. The van der Waals surface area contributed by atoms with E-state index in [4.69, 9.17) is 0 Å². The molecule has 10 heavy (non-hydrogen) atoms. The summed E-state index contributed by atoms with van der Waals surface area (Å²) >= 11 is 0. The fourth-order valence-electron chi connectivity index (χ4n) is 0.677. The van der Waals surface area contributed by atoms with Crippen LogP contribution in [0.25, 0.3) is 0 Å². The fraction of sp³-hybridized carbons (Fsp3) is 0.250. The molecule has 1 heterocycles. The van der Waals surface area contributed by atoms with E-state index < -0.39 is 0 Å². The number of hydrogen-bond acceptors (Lipinski definition) is 2. The van der Waals surface area contributed by atoms with E-state index in [1.807, 2.05) is 25.2 Å². The number of nitrogens with zero attached hydrogens (tertiary/aromatic N) is 1. The van der Waals surface area contributed by atoms with Gasteiger partial charge in [0.1, 0.15) is 0 Å². The van der Waals surface area contributed by atoms with Crippen LogP contribution in [0.4, 0.5) is 0 Å². The largest absolute Gasteiger partial charge is 0.378 e. The van der Waals surface area contributed by atoms with Crippen molar-refractivity contribution in [3.05, 3.63) is 30.1 Å². The van der Waals surface area contributed by atoms with E-state index in [1.165, 1.54) is 0 Å². The maximum absolute atomic E-state index is 3.88.